The number of hydrogen-bond donors (Lipinski definition) is 0. The van der Waals surface area contributed by atoms with Gasteiger partial charge in [-0.15, -0.1) is 0 Å². The molecule has 0 atom stereocenters. The van der Waals surface area contributed by atoms with Crippen LogP contribution in [0.25, 0.3) is 0 Å². The molecule has 25 heavy (non-hydrogen) atoms. The number of carbonyl (C=O) groups excluding carboxylic acids is 1. The predicted octanol–water partition coefficient (Wildman–Crippen LogP) is 5.32. The van der Waals surface area contributed by atoms with Crippen LogP contribution in [0.3, 0.4) is 0 Å². The van der Waals surface area contributed by atoms with Crippen molar-refractivity contribution in [2.45, 2.75) is 88.9 Å². The summed E-state index contributed by atoms with van der Waals surface area (Å²) in [6.45, 7) is 9.10. The molecule has 0 saturated carbocycles. The summed E-state index contributed by atoms with van der Waals surface area (Å²) >= 11 is -0.893. The zero-order valence-electron chi connectivity index (χ0n) is 16.6. The van der Waals surface area contributed by atoms with Crippen LogP contribution in [-0.2, 0) is 4.74 Å². The van der Waals surface area contributed by atoms with Crippen molar-refractivity contribution >= 4 is 30.8 Å². The number of esters is 1. The Bertz CT molecular complexity index is 483. The summed E-state index contributed by atoms with van der Waals surface area (Å²) in [6.07, 6.45) is 11.7. The van der Waals surface area contributed by atoms with Gasteiger partial charge in [0, 0.05) is 0 Å². The number of ether oxygens (including phenoxy) is 1. The van der Waals surface area contributed by atoms with E-state index in [1.54, 1.807) is 6.07 Å². The Balaban J connectivity index is 3.00. The monoisotopic (exact) mass is 453 g/mol. The third-order valence-corrected chi connectivity index (χ3v) is 9.83. The molecule has 0 aliphatic heterocycles. The molecule has 0 unspecified atom stereocenters. The van der Waals surface area contributed by atoms with Crippen LogP contribution >= 0.6 is 0 Å². The van der Waals surface area contributed by atoms with Gasteiger partial charge in [-0.3, -0.25) is 0 Å². The van der Waals surface area contributed by atoms with Gasteiger partial charge in [0.25, 0.3) is 0 Å². The predicted molar refractivity (Wildman–Crippen MR) is 107 cm³/mol. The molecule has 4 heteroatoms. The fourth-order valence-corrected chi connectivity index (χ4v) is 8.35. The average Bonchev–Trinajstić information content (AvgIpc) is 2.63. The van der Waals surface area contributed by atoms with Gasteiger partial charge >= 0.3 is 165 Å². The van der Waals surface area contributed by atoms with E-state index in [1.807, 2.05) is 13.0 Å². The van der Waals surface area contributed by atoms with Crippen molar-refractivity contribution in [2.24, 2.45) is 0 Å². The maximum atomic E-state index is 12.0. The van der Waals surface area contributed by atoms with Gasteiger partial charge < -0.3 is 0 Å². The van der Waals surface area contributed by atoms with Crippen LogP contribution in [0.4, 0.5) is 0 Å². The van der Waals surface area contributed by atoms with E-state index >= 15 is 0 Å². The molecule has 1 rings (SSSR count). The molecule has 2 radical (unpaired) electrons. The summed E-state index contributed by atoms with van der Waals surface area (Å²) < 4.78 is 6.82. The third-order valence-electron chi connectivity index (χ3n) is 4.65. The molecule has 0 fully saturated rings. The van der Waals surface area contributed by atoms with Crippen LogP contribution in [0.5, 0.6) is 0 Å². The molecule has 0 aromatic carbocycles. The molecule has 0 aliphatic carbocycles. The molecule has 1 heterocycles. The van der Waals surface area contributed by atoms with Gasteiger partial charge in [-0.05, 0) is 0 Å². The number of carbonyl (C=O) groups is 1. The molecular formula is C21H35NO2Sn. The molecule has 0 aliphatic rings. The Morgan fingerprint density at radius 2 is 1.56 bits per heavy atom. The molecule has 1 aromatic heterocycles. The molecule has 1 aromatic rings. The van der Waals surface area contributed by atoms with Gasteiger partial charge in [-0.25, -0.2) is 0 Å². The van der Waals surface area contributed by atoms with Crippen molar-refractivity contribution in [1.29, 1.82) is 0 Å². The third kappa shape index (κ3) is 8.10. The first kappa shape index (κ1) is 22.5. The molecule has 0 saturated heterocycles. The van der Waals surface area contributed by atoms with E-state index < -0.39 is 21.1 Å². The van der Waals surface area contributed by atoms with Gasteiger partial charge in [-0.1, -0.05) is 0 Å². The zero-order chi connectivity index (χ0) is 18.5. The molecule has 140 valence electrons. The summed E-state index contributed by atoms with van der Waals surface area (Å²) in [7, 11) is 0. The average molecular weight is 452 g/mol. The Kier molecular flexibility index (Phi) is 11.4. The Labute approximate surface area is 164 Å². The maximum absolute atomic E-state index is 12.0. The van der Waals surface area contributed by atoms with E-state index in [-0.39, 0.29) is 5.97 Å². The van der Waals surface area contributed by atoms with Gasteiger partial charge in [-0.2, -0.15) is 0 Å². The molecule has 0 bridgehead atoms. The second kappa shape index (κ2) is 12.7. The van der Waals surface area contributed by atoms with Crippen LogP contribution in [-0.4, -0.2) is 38.7 Å². The Hall–Kier alpha value is -0.581. The van der Waals surface area contributed by atoms with Crippen LogP contribution < -0.4 is 3.71 Å². The van der Waals surface area contributed by atoms with E-state index in [9.17, 15) is 4.79 Å². The standard InChI is InChI=1S/C13H27.C8H8NO2.Sn/c1-4-7-10-13(11-8-5-2)12-9-6-3;1-2-11-8(10)7-5-3-4-6-9-7;/h4-12H2,1-3H3;3-5H,2H2,1H3;. The molecule has 0 spiro atoms. The fourth-order valence-electron chi connectivity index (χ4n) is 3.20. The van der Waals surface area contributed by atoms with Gasteiger partial charge in [0.2, 0.25) is 0 Å². The molecule has 0 N–H and O–H groups in total. The van der Waals surface area contributed by atoms with E-state index in [2.05, 4.69) is 26.8 Å². The first-order valence-corrected chi connectivity index (χ1v) is 12.9. The number of aromatic nitrogens is 1. The summed E-state index contributed by atoms with van der Waals surface area (Å²) in [5.74, 6) is -0.287. The molecular weight excluding hydrogens is 417 g/mol. The van der Waals surface area contributed by atoms with E-state index in [4.69, 9.17) is 9.72 Å². The Morgan fingerprint density at radius 3 is 2.04 bits per heavy atom. The summed E-state index contributed by atoms with van der Waals surface area (Å²) in [4.78, 5) is 16.7. The fraction of sp³-hybridized carbons (Fsp3) is 0.714. The summed E-state index contributed by atoms with van der Waals surface area (Å²) in [5.41, 5.74) is 0.482. The normalized spacial score (nSPS) is 11.5. The van der Waals surface area contributed by atoms with Crippen molar-refractivity contribution in [2.75, 3.05) is 6.61 Å². The minimum atomic E-state index is -0.893. The van der Waals surface area contributed by atoms with Gasteiger partial charge in [0.15, 0.2) is 0 Å². The van der Waals surface area contributed by atoms with Crippen molar-refractivity contribution in [3.8, 4) is 0 Å². The minimum absolute atomic E-state index is 0.287. The molecule has 3 nitrogen and oxygen atoms in total. The summed E-state index contributed by atoms with van der Waals surface area (Å²) in [5, 5.41) is 0. The van der Waals surface area contributed by atoms with Crippen molar-refractivity contribution in [3.63, 3.8) is 0 Å². The van der Waals surface area contributed by atoms with Gasteiger partial charge in [0.05, 0.1) is 0 Å². The number of rotatable bonds is 13. The van der Waals surface area contributed by atoms with E-state index in [0.29, 0.717) is 15.7 Å². The van der Waals surface area contributed by atoms with Crippen LogP contribution in [0, 0.1) is 0 Å². The number of unbranched alkanes of at least 4 members (excludes halogenated alkanes) is 3. The van der Waals surface area contributed by atoms with E-state index in [0.717, 1.165) is 0 Å². The number of hydrogen-bond acceptors (Lipinski definition) is 3. The van der Waals surface area contributed by atoms with Crippen molar-refractivity contribution < 1.29 is 9.53 Å². The quantitative estimate of drug-likeness (QED) is 0.301. The van der Waals surface area contributed by atoms with E-state index in [1.165, 1.54) is 61.5 Å². The van der Waals surface area contributed by atoms with Crippen molar-refractivity contribution in [1.82, 2.24) is 4.98 Å². The van der Waals surface area contributed by atoms with Crippen LogP contribution in [0.15, 0.2) is 18.2 Å². The van der Waals surface area contributed by atoms with Crippen molar-refractivity contribution in [3.05, 3.63) is 23.9 Å². The number of pyridine rings is 1. The second-order valence-electron chi connectivity index (χ2n) is 6.84. The van der Waals surface area contributed by atoms with Crippen LogP contribution in [0.1, 0.15) is 96.0 Å². The second-order valence-corrected chi connectivity index (χ2v) is 12.0. The zero-order valence-corrected chi connectivity index (χ0v) is 19.4. The van der Waals surface area contributed by atoms with Crippen LogP contribution in [0.2, 0.25) is 3.43 Å². The summed E-state index contributed by atoms with van der Waals surface area (Å²) in [6, 6.07) is 5.92. The Morgan fingerprint density at radius 1 is 1.00 bits per heavy atom. The topological polar surface area (TPSA) is 39.2 Å². The van der Waals surface area contributed by atoms with Gasteiger partial charge in [0.1, 0.15) is 0 Å². The first-order chi connectivity index (χ1) is 12.1. The first-order valence-electron chi connectivity index (χ1n) is 10.0. The number of nitrogens with zero attached hydrogens (tertiary/aromatic N) is 1. The molecule has 0 amide bonds. The SMILES string of the molecule is CCCC[C](CCCC)(CCCC)[Sn][c]1cccc(C(=O)OCC)n1.